The Balaban J connectivity index is 1.90. The molecule has 0 unspecified atom stereocenters. The monoisotopic (exact) mass is 372 g/mol. The Morgan fingerprint density at radius 3 is 2.58 bits per heavy atom. The van der Waals surface area contributed by atoms with Crippen molar-refractivity contribution in [3.8, 4) is 6.07 Å². The van der Waals surface area contributed by atoms with Crippen LogP contribution < -0.4 is 5.32 Å². The van der Waals surface area contributed by atoms with Crippen LogP contribution in [0.2, 0.25) is 5.02 Å². The van der Waals surface area contributed by atoms with Gasteiger partial charge in [0.25, 0.3) is 5.91 Å². The highest BCUT2D eigenvalue weighted by Gasteiger charge is 2.17. The number of carbonyl (C=O) groups excluding carboxylic acids is 2. The number of anilines is 1. The van der Waals surface area contributed by atoms with Crippen molar-refractivity contribution in [1.82, 2.24) is 0 Å². The van der Waals surface area contributed by atoms with Crippen molar-refractivity contribution in [2.75, 3.05) is 5.32 Å². The number of carbonyl (C=O) groups is 2. The zero-order chi connectivity index (χ0) is 19.1. The van der Waals surface area contributed by atoms with Gasteiger partial charge >= 0.3 is 5.97 Å². The first-order valence-corrected chi connectivity index (χ1v) is 7.91. The molecule has 132 valence electrons. The van der Waals surface area contributed by atoms with Crippen LogP contribution in [0.25, 0.3) is 6.08 Å². The topological polar surface area (TPSA) is 79.2 Å². The lowest BCUT2D eigenvalue weighted by Crippen LogP contribution is -2.29. The Kier molecular flexibility index (Phi) is 6.48. The standard InChI is InChI=1S/C19H14ClFN2O3/c1-12(19(25)23-15-7-8-17(21)16(20)10-15)26-18(24)9-6-13-2-4-14(11-22)5-3-13/h2-10,12H,1H3,(H,23,25)/b9-6+/t12-/m0/s1. The molecule has 0 spiro atoms. The predicted molar refractivity (Wildman–Crippen MR) is 95.8 cm³/mol. The Bertz CT molecular complexity index is 889. The quantitative estimate of drug-likeness (QED) is 0.637. The van der Waals surface area contributed by atoms with Crippen LogP contribution in [-0.2, 0) is 14.3 Å². The van der Waals surface area contributed by atoms with E-state index in [1.807, 2.05) is 6.07 Å². The molecule has 1 amide bonds. The maximum atomic E-state index is 13.1. The molecule has 7 heteroatoms. The van der Waals surface area contributed by atoms with Crippen LogP contribution in [-0.4, -0.2) is 18.0 Å². The lowest BCUT2D eigenvalue weighted by molar-refractivity contribution is -0.148. The van der Waals surface area contributed by atoms with Gasteiger partial charge in [0.2, 0.25) is 0 Å². The number of ether oxygens (including phenoxy) is 1. The summed E-state index contributed by atoms with van der Waals surface area (Å²) in [7, 11) is 0. The minimum Gasteiger partial charge on any atom is -0.449 e. The number of hydrogen-bond acceptors (Lipinski definition) is 4. The summed E-state index contributed by atoms with van der Waals surface area (Å²) < 4.78 is 18.1. The molecule has 0 saturated carbocycles. The highest BCUT2D eigenvalue weighted by Crippen LogP contribution is 2.19. The number of halogens is 2. The molecule has 0 aromatic heterocycles. The van der Waals surface area contributed by atoms with Crippen LogP contribution in [0.1, 0.15) is 18.1 Å². The van der Waals surface area contributed by atoms with Crippen LogP contribution in [0.15, 0.2) is 48.5 Å². The number of nitriles is 1. The van der Waals surface area contributed by atoms with Gasteiger partial charge in [-0.25, -0.2) is 9.18 Å². The summed E-state index contributed by atoms with van der Waals surface area (Å²) in [5.41, 5.74) is 1.51. The van der Waals surface area contributed by atoms with E-state index in [4.69, 9.17) is 21.6 Å². The van der Waals surface area contributed by atoms with Gasteiger partial charge in [0, 0.05) is 11.8 Å². The Morgan fingerprint density at radius 2 is 1.96 bits per heavy atom. The van der Waals surface area contributed by atoms with Crippen LogP contribution in [0, 0.1) is 17.1 Å². The van der Waals surface area contributed by atoms with E-state index in [9.17, 15) is 14.0 Å². The van der Waals surface area contributed by atoms with Crippen LogP contribution in [0.4, 0.5) is 10.1 Å². The average Bonchev–Trinajstić information content (AvgIpc) is 2.63. The maximum absolute atomic E-state index is 13.1. The van der Waals surface area contributed by atoms with E-state index in [-0.39, 0.29) is 10.7 Å². The number of rotatable bonds is 5. The highest BCUT2D eigenvalue weighted by atomic mass is 35.5. The van der Waals surface area contributed by atoms with Crippen LogP contribution >= 0.6 is 11.6 Å². The number of nitrogens with zero attached hydrogens (tertiary/aromatic N) is 1. The Labute approximate surface area is 154 Å². The predicted octanol–water partition coefficient (Wildman–Crippen LogP) is 3.93. The summed E-state index contributed by atoms with van der Waals surface area (Å²) in [6, 6.07) is 12.3. The summed E-state index contributed by atoms with van der Waals surface area (Å²) in [5, 5.41) is 11.1. The molecule has 0 fully saturated rings. The van der Waals surface area contributed by atoms with Gasteiger partial charge in [0.05, 0.1) is 16.7 Å². The molecule has 1 atom stereocenters. The van der Waals surface area contributed by atoms with E-state index >= 15 is 0 Å². The smallest absolute Gasteiger partial charge is 0.331 e. The summed E-state index contributed by atoms with van der Waals surface area (Å²) in [5.74, 6) is -1.88. The lowest BCUT2D eigenvalue weighted by atomic mass is 10.1. The van der Waals surface area contributed by atoms with E-state index in [1.54, 1.807) is 24.3 Å². The normalized spacial score (nSPS) is 11.6. The Hall–Kier alpha value is -3.17. The zero-order valence-electron chi connectivity index (χ0n) is 13.7. The van der Waals surface area contributed by atoms with E-state index < -0.39 is 23.8 Å². The van der Waals surface area contributed by atoms with Gasteiger partial charge in [-0.15, -0.1) is 0 Å². The molecule has 2 aromatic carbocycles. The maximum Gasteiger partial charge on any atom is 0.331 e. The number of hydrogen-bond donors (Lipinski definition) is 1. The fourth-order valence-corrected chi connectivity index (χ4v) is 2.10. The van der Waals surface area contributed by atoms with Crippen molar-refractivity contribution >= 4 is 35.2 Å². The van der Waals surface area contributed by atoms with Crippen molar-refractivity contribution in [3.05, 3.63) is 70.5 Å². The second-order valence-electron chi connectivity index (χ2n) is 5.26. The highest BCUT2D eigenvalue weighted by molar-refractivity contribution is 6.31. The molecule has 1 N–H and O–H groups in total. The second kappa shape index (κ2) is 8.79. The first-order chi connectivity index (χ1) is 12.4. The van der Waals surface area contributed by atoms with Crippen molar-refractivity contribution < 1.29 is 18.7 Å². The second-order valence-corrected chi connectivity index (χ2v) is 5.67. The van der Waals surface area contributed by atoms with Crippen molar-refractivity contribution in [2.24, 2.45) is 0 Å². The van der Waals surface area contributed by atoms with Gasteiger partial charge in [-0.1, -0.05) is 23.7 Å². The molecule has 0 aliphatic heterocycles. The molecule has 0 aliphatic rings. The minimum absolute atomic E-state index is 0.127. The van der Waals surface area contributed by atoms with Gasteiger partial charge in [0.1, 0.15) is 5.82 Å². The summed E-state index contributed by atoms with van der Waals surface area (Å²) in [6.07, 6.45) is 1.63. The number of benzene rings is 2. The lowest BCUT2D eigenvalue weighted by Gasteiger charge is -2.12. The van der Waals surface area contributed by atoms with Crippen LogP contribution in [0.5, 0.6) is 0 Å². The Morgan fingerprint density at radius 1 is 1.27 bits per heavy atom. The van der Waals surface area contributed by atoms with Gasteiger partial charge in [-0.3, -0.25) is 4.79 Å². The molecule has 2 aromatic rings. The zero-order valence-corrected chi connectivity index (χ0v) is 14.5. The number of nitrogens with one attached hydrogen (secondary N) is 1. The molecule has 0 saturated heterocycles. The largest absolute Gasteiger partial charge is 0.449 e. The molecule has 0 radical (unpaired) electrons. The third-order valence-electron chi connectivity index (χ3n) is 3.30. The van der Waals surface area contributed by atoms with E-state index in [0.29, 0.717) is 11.1 Å². The van der Waals surface area contributed by atoms with Crippen molar-refractivity contribution in [2.45, 2.75) is 13.0 Å². The van der Waals surface area contributed by atoms with Crippen molar-refractivity contribution in [1.29, 1.82) is 5.26 Å². The number of amides is 1. The molecule has 26 heavy (non-hydrogen) atoms. The fourth-order valence-electron chi connectivity index (χ4n) is 1.92. The SMILES string of the molecule is C[C@H](OC(=O)/C=C/c1ccc(C#N)cc1)C(=O)Nc1ccc(F)c(Cl)c1. The number of esters is 1. The average molecular weight is 373 g/mol. The van der Waals surface area contributed by atoms with Gasteiger partial charge < -0.3 is 10.1 Å². The minimum atomic E-state index is -1.06. The molecular formula is C19H14ClFN2O3. The van der Waals surface area contributed by atoms with E-state index in [0.717, 1.165) is 6.07 Å². The fraction of sp³-hybridized carbons (Fsp3) is 0.105. The van der Waals surface area contributed by atoms with Gasteiger partial charge in [0.15, 0.2) is 6.10 Å². The summed E-state index contributed by atoms with van der Waals surface area (Å²) >= 11 is 5.64. The summed E-state index contributed by atoms with van der Waals surface area (Å²) in [4.78, 5) is 23.8. The first-order valence-electron chi connectivity index (χ1n) is 7.54. The molecule has 0 heterocycles. The van der Waals surface area contributed by atoms with Gasteiger partial charge in [-0.05, 0) is 48.9 Å². The molecule has 0 bridgehead atoms. The third-order valence-corrected chi connectivity index (χ3v) is 3.59. The van der Waals surface area contributed by atoms with Crippen LogP contribution in [0.3, 0.4) is 0 Å². The van der Waals surface area contributed by atoms with E-state index in [2.05, 4.69) is 5.32 Å². The molecule has 5 nitrogen and oxygen atoms in total. The molecule has 2 rings (SSSR count). The third kappa shape index (κ3) is 5.43. The molecule has 0 aliphatic carbocycles. The molecular weight excluding hydrogens is 359 g/mol. The van der Waals surface area contributed by atoms with Crippen molar-refractivity contribution in [3.63, 3.8) is 0 Å². The van der Waals surface area contributed by atoms with Gasteiger partial charge in [-0.2, -0.15) is 5.26 Å². The first kappa shape index (κ1) is 19.2. The van der Waals surface area contributed by atoms with E-state index in [1.165, 1.54) is 31.2 Å². The summed E-state index contributed by atoms with van der Waals surface area (Å²) in [6.45, 7) is 1.41.